The van der Waals surface area contributed by atoms with Crippen molar-refractivity contribution in [3.63, 3.8) is 0 Å². The molecular weight excluding hydrogens is 408 g/mol. The highest BCUT2D eigenvalue weighted by atomic mass is 16.5. The van der Waals surface area contributed by atoms with Gasteiger partial charge >= 0.3 is 0 Å². The summed E-state index contributed by atoms with van der Waals surface area (Å²) in [6.07, 6.45) is 6.98. The normalized spacial score (nSPS) is 21.2. The number of piperazine rings is 1. The molecule has 0 aliphatic carbocycles. The Kier molecular flexibility index (Phi) is 5.98. The average molecular weight is 437 g/mol. The molecule has 5 rings (SSSR count). The van der Waals surface area contributed by atoms with E-state index in [1.807, 2.05) is 23.1 Å². The second kappa shape index (κ2) is 9.20. The van der Waals surface area contributed by atoms with E-state index in [9.17, 15) is 9.59 Å². The average Bonchev–Trinajstić information content (AvgIpc) is 3.58. The third-order valence-corrected chi connectivity index (χ3v) is 6.39. The molecule has 3 aliphatic rings. The molecule has 0 bridgehead atoms. The number of ether oxygens (including phenoxy) is 1. The predicted octanol–water partition coefficient (Wildman–Crippen LogP) is 1.60. The molecule has 0 aromatic carbocycles. The zero-order valence-corrected chi connectivity index (χ0v) is 18.2. The van der Waals surface area contributed by atoms with Gasteiger partial charge in [0.2, 0.25) is 5.95 Å². The molecular formula is C23H28N6O3. The molecule has 0 saturated carbocycles. The largest absolute Gasteiger partial charge is 0.368 e. The molecule has 2 aromatic rings. The minimum atomic E-state index is -0.320. The number of hydrogen-bond donors (Lipinski definition) is 0. The lowest BCUT2D eigenvalue weighted by Gasteiger charge is -2.36. The van der Waals surface area contributed by atoms with E-state index < -0.39 is 0 Å². The topological polar surface area (TPSA) is 91.8 Å². The van der Waals surface area contributed by atoms with Crippen LogP contribution in [0, 0.1) is 0 Å². The lowest BCUT2D eigenvalue weighted by atomic mass is 10.1. The number of pyridine rings is 1. The first-order chi connectivity index (χ1) is 15.7. The van der Waals surface area contributed by atoms with E-state index in [2.05, 4.69) is 14.9 Å². The maximum absolute atomic E-state index is 13.4. The molecule has 1 unspecified atom stereocenters. The molecule has 168 valence electrons. The van der Waals surface area contributed by atoms with Crippen LogP contribution >= 0.6 is 0 Å². The molecule has 2 aromatic heterocycles. The summed E-state index contributed by atoms with van der Waals surface area (Å²) in [4.78, 5) is 45.5. The van der Waals surface area contributed by atoms with E-state index >= 15 is 0 Å². The van der Waals surface area contributed by atoms with Crippen molar-refractivity contribution >= 4 is 17.8 Å². The van der Waals surface area contributed by atoms with Crippen LogP contribution < -0.4 is 4.90 Å². The summed E-state index contributed by atoms with van der Waals surface area (Å²) in [5, 5.41) is 0. The summed E-state index contributed by atoms with van der Waals surface area (Å²) in [6.45, 7) is 4.48. The van der Waals surface area contributed by atoms with E-state index in [4.69, 9.17) is 9.72 Å². The zero-order valence-electron chi connectivity index (χ0n) is 18.2. The molecule has 9 nitrogen and oxygen atoms in total. The van der Waals surface area contributed by atoms with E-state index in [-0.39, 0.29) is 17.9 Å². The van der Waals surface area contributed by atoms with Crippen LogP contribution in [0.4, 0.5) is 5.95 Å². The second-order valence-electron chi connectivity index (χ2n) is 8.46. The van der Waals surface area contributed by atoms with Crippen molar-refractivity contribution in [2.75, 3.05) is 50.8 Å². The summed E-state index contributed by atoms with van der Waals surface area (Å²) in [6, 6.07) is 5.60. The monoisotopic (exact) mass is 436 g/mol. The summed E-state index contributed by atoms with van der Waals surface area (Å²) < 4.78 is 5.53. The number of aromatic nitrogens is 3. The predicted molar refractivity (Wildman–Crippen MR) is 118 cm³/mol. The Hall–Kier alpha value is -3.07. The number of carbonyl (C=O) groups excluding carboxylic acids is 2. The molecule has 2 amide bonds. The van der Waals surface area contributed by atoms with Crippen molar-refractivity contribution in [1.82, 2.24) is 24.8 Å². The number of nitrogens with zero attached hydrogens (tertiary/aromatic N) is 6. The highest BCUT2D eigenvalue weighted by Crippen LogP contribution is 2.25. The molecule has 3 saturated heterocycles. The van der Waals surface area contributed by atoms with Crippen molar-refractivity contribution in [3.8, 4) is 11.4 Å². The Labute approximate surface area is 187 Å². The van der Waals surface area contributed by atoms with Crippen LogP contribution in [0.3, 0.4) is 0 Å². The van der Waals surface area contributed by atoms with Crippen molar-refractivity contribution in [3.05, 3.63) is 36.2 Å². The molecule has 5 heterocycles. The minimum absolute atomic E-state index is 0.0436. The van der Waals surface area contributed by atoms with Crippen LogP contribution in [0.5, 0.6) is 0 Å². The first-order valence-corrected chi connectivity index (χ1v) is 11.4. The van der Waals surface area contributed by atoms with Gasteiger partial charge in [0.15, 0.2) is 0 Å². The van der Waals surface area contributed by atoms with E-state index in [0.717, 1.165) is 38.8 Å². The first kappa shape index (κ1) is 20.8. The van der Waals surface area contributed by atoms with Crippen LogP contribution in [0.25, 0.3) is 11.4 Å². The van der Waals surface area contributed by atoms with E-state index in [0.29, 0.717) is 55.7 Å². The maximum Gasteiger partial charge on any atom is 0.257 e. The van der Waals surface area contributed by atoms with Gasteiger partial charge in [-0.1, -0.05) is 6.07 Å². The quantitative estimate of drug-likeness (QED) is 0.719. The molecule has 0 radical (unpaired) electrons. The summed E-state index contributed by atoms with van der Waals surface area (Å²) in [7, 11) is 0. The standard InChI is InChI=1S/C23H28N6O3/c30-21(27-11-13-28(14-12-27)22(31)19-7-5-15-32-19)17-16-25-23(29-9-3-4-10-29)26-20(17)18-6-1-2-8-24-18/h1-2,6,8,16,19H,3-5,7,9-15H2. The SMILES string of the molecule is O=C(c1cnc(N2CCCC2)nc1-c1ccccn1)N1CCN(C(=O)C2CCCO2)CC1. The fraction of sp³-hybridized carbons (Fsp3) is 0.522. The summed E-state index contributed by atoms with van der Waals surface area (Å²) in [5.41, 5.74) is 1.67. The van der Waals surface area contributed by atoms with Crippen molar-refractivity contribution in [2.24, 2.45) is 0 Å². The van der Waals surface area contributed by atoms with Gasteiger partial charge in [-0.15, -0.1) is 0 Å². The fourth-order valence-corrected chi connectivity index (χ4v) is 4.57. The van der Waals surface area contributed by atoms with Gasteiger partial charge in [-0.25, -0.2) is 9.97 Å². The number of hydrogen-bond acceptors (Lipinski definition) is 7. The van der Waals surface area contributed by atoms with Crippen molar-refractivity contribution in [1.29, 1.82) is 0 Å². The highest BCUT2D eigenvalue weighted by Gasteiger charge is 2.32. The van der Waals surface area contributed by atoms with Crippen molar-refractivity contribution in [2.45, 2.75) is 31.8 Å². The Morgan fingerprint density at radius 2 is 1.72 bits per heavy atom. The first-order valence-electron chi connectivity index (χ1n) is 11.4. The van der Waals surface area contributed by atoms with Crippen LogP contribution in [0.2, 0.25) is 0 Å². The summed E-state index contributed by atoms with van der Waals surface area (Å²) in [5.74, 6) is 0.566. The molecule has 0 N–H and O–H groups in total. The van der Waals surface area contributed by atoms with Gasteiger partial charge in [-0.2, -0.15) is 0 Å². The third-order valence-electron chi connectivity index (χ3n) is 6.39. The lowest BCUT2D eigenvalue weighted by molar-refractivity contribution is -0.142. The molecule has 0 spiro atoms. The molecule has 3 fully saturated rings. The number of carbonyl (C=O) groups is 2. The van der Waals surface area contributed by atoms with Gasteiger partial charge in [-0.3, -0.25) is 14.6 Å². The molecule has 9 heteroatoms. The molecule has 1 atom stereocenters. The third kappa shape index (κ3) is 4.17. The lowest BCUT2D eigenvalue weighted by Crippen LogP contribution is -2.52. The smallest absolute Gasteiger partial charge is 0.257 e. The Morgan fingerprint density at radius 3 is 2.41 bits per heavy atom. The van der Waals surface area contributed by atoms with Crippen molar-refractivity contribution < 1.29 is 14.3 Å². The van der Waals surface area contributed by atoms with Crippen LogP contribution in [0.1, 0.15) is 36.0 Å². The van der Waals surface area contributed by atoms with Gasteiger partial charge in [0, 0.05) is 58.3 Å². The van der Waals surface area contributed by atoms with Gasteiger partial charge < -0.3 is 19.4 Å². The Morgan fingerprint density at radius 1 is 0.938 bits per heavy atom. The van der Waals surface area contributed by atoms with E-state index in [1.165, 1.54) is 0 Å². The van der Waals surface area contributed by atoms with Crippen LogP contribution in [-0.4, -0.2) is 88.5 Å². The molecule has 3 aliphatic heterocycles. The Bertz CT molecular complexity index is 965. The van der Waals surface area contributed by atoms with Gasteiger partial charge in [-0.05, 0) is 37.8 Å². The van der Waals surface area contributed by atoms with Crippen LogP contribution in [-0.2, 0) is 9.53 Å². The fourth-order valence-electron chi connectivity index (χ4n) is 4.57. The highest BCUT2D eigenvalue weighted by molar-refractivity contribution is 5.99. The van der Waals surface area contributed by atoms with Gasteiger partial charge in [0.1, 0.15) is 11.8 Å². The van der Waals surface area contributed by atoms with Crippen LogP contribution in [0.15, 0.2) is 30.6 Å². The number of amides is 2. The Balaban J connectivity index is 1.34. The zero-order chi connectivity index (χ0) is 21.9. The van der Waals surface area contributed by atoms with Gasteiger partial charge in [0.25, 0.3) is 11.8 Å². The second-order valence-corrected chi connectivity index (χ2v) is 8.46. The number of rotatable bonds is 4. The van der Waals surface area contributed by atoms with Gasteiger partial charge in [0.05, 0.1) is 11.3 Å². The minimum Gasteiger partial charge on any atom is -0.368 e. The number of anilines is 1. The van der Waals surface area contributed by atoms with E-state index in [1.54, 1.807) is 17.3 Å². The summed E-state index contributed by atoms with van der Waals surface area (Å²) >= 11 is 0. The molecule has 32 heavy (non-hydrogen) atoms. The maximum atomic E-state index is 13.4.